The van der Waals surface area contributed by atoms with Crippen molar-refractivity contribution < 1.29 is 13.5 Å². The van der Waals surface area contributed by atoms with Crippen LogP contribution in [0.1, 0.15) is 26.2 Å². The van der Waals surface area contributed by atoms with Gasteiger partial charge in [0.05, 0.1) is 6.10 Å². The van der Waals surface area contributed by atoms with Gasteiger partial charge in [0, 0.05) is 19.6 Å². The van der Waals surface area contributed by atoms with E-state index in [1.165, 1.54) is 4.31 Å². The Balaban J connectivity index is 2.59. The van der Waals surface area contributed by atoms with E-state index in [-0.39, 0.29) is 6.10 Å². The van der Waals surface area contributed by atoms with Crippen molar-refractivity contribution in [3.05, 3.63) is 0 Å². The van der Waals surface area contributed by atoms with E-state index in [1.54, 1.807) is 6.92 Å². The first kappa shape index (κ1) is 11.9. The van der Waals surface area contributed by atoms with Gasteiger partial charge in [0.25, 0.3) is 10.2 Å². The number of aliphatic hydroxyl groups excluding tert-OH is 1. The predicted molar refractivity (Wildman–Crippen MR) is 54.0 cm³/mol. The number of aliphatic hydroxyl groups is 1. The molecule has 1 saturated heterocycles. The molecule has 5 nitrogen and oxygen atoms in total. The van der Waals surface area contributed by atoms with Crippen molar-refractivity contribution in [3.8, 4) is 0 Å². The van der Waals surface area contributed by atoms with E-state index in [9.17, 15) is 13.5 Å². The Morgan fingerprint density at radius 3 is 2.79 bits per heavy atom. The van der Waals surface area contributed by atoms with Gasteiger partial charge < -0.3 is 5.11 Å². The number of hydrogen-bond acceptors (Lipinski definition) is 3. The van der Waals surface area contributed by atoms with Gasteiger partial charge in [0.1, 0.15) is 0 Å². The third-order valence-electron chi connectivity index (χ3n) is 2.32. The molecule has 2 N–H and O–H groups in total. The summed E-state index contributed by atoms with van der Waals surface area (Å²) in [5.74, 6) is 0. The maximum atomic E-state index is 11.6. The Morgan fingerprint density at radius 2 is 2.14 bits per heavy atom. The fourth-order valence-corrected chi connectivity index (χ4v) is 2.83. The SMILES string of the molecule is CCNS(=O)(=O)N1CCCC(O)CC1. The van der Waals surface area contributed by atoms with Crippen LogP contribution in [-0.2, 0) is 10.2 Å². The van der Waals surface area contributed by atoms with Crippen LogP contribution in [0.5, 0.6) is 0 Å². The summed E-state index contributed by atoms with van der Waals surface area (Å²) in [6, 6.07) is 0. The molecule has 0 amide bonds. The van der Waals surface area contributed by atoms with Crippen molar-refractivity contribution >= 4 is 10.2 Å². The van der Waals surface area contributed by atoms with Gasteiger partial charge in [0.2, 0.25) is 0 Å². The summed E-state index contributed by atoms with van der Waals surface area (Å²) in [6.07, 6.45) is 1.60. The van der Waals surface area contributed by atoms with Gasteiger partial charge in [-0.15, -0.1) is 0 Å². The highest BCUT2D eigenvalue weighted by Crippen LogP contribution is 2.12. The molecule has 1 rings (SSSR count). The van der Waals surface area contributed by atoms with Crippen molar-refractivity contribution in [2.24, 2.45) is 0 Å². The van der Waals surface area contributed by atoms with E-state index >= 15 is 0 Å². The molecule has 0 bridgehead atoms. The molecule has 1 unspecified atom stereocenters. The number of nitrogens with zero attached hydrogens (tertiary/aromatic N) is 1. The molecule has 0 aromatic carbocycles. The van der Waals surface area contributed by atoms with Crippen LogP contribution in [0.4, 0.5) is 0 Å². The number of rotatable bonds is 3. The summed E-state index contributed by atoms with van der Waals surface area (Å²) in [6.45, 7) is 3.08. The monoisotopic (exact) mass is 222 g/mol. The zero-order valence-corrected chi connectivity index (χ0v) is 9.26. The van der Waals surface area contributed by atoms with Crippen molar-refractivity contribution in [3.63, 3.8) is 0 Å². The van der Waals surface area contributed by atoms with Gasteiger partial charge in [-0.1, -0.05) is 6.92 Å². The first-order valence-corrected chi connectivity index (χ1v) is 6.43. The van der Waals surface area contributed by atoms with Gasteiger partial charge in [-0.2, -0.15) is 12.7 Å². The topological polar surface area (TPSA) is 69.6 Å². The first-order valence-electron chi connectivity index (χ1n) is 4.99. The molecule has 0 aliphatic carbocycles. The fraction of sp³-hybridized carbons (Fsp3) is 1.00. The summed E-state index contributed by atoms with van der Waals surface area (Å²) in [7, 11) is -3.31. The molecule has 1 fully saturated rings. The second-order valence-electron chi connectivity index (χ2n) is 3.49. The normalized spacial score (nSPS) is 26.0. The highest BCUT2D eigenvalue weighted by molar-refractivity contribution is 7.87. The summed E-state index contributed by atoms with van der Waals surface area (Å²) < 4.78 is 27.0. The average molecular weight is 222 g/mol. The Bertz CT molecular complexity index is 266. The number of hydrogen-bond donors (Lipinski definition) is 2. The van der Waals surface area contributed by atoms with E-state index in [0.717, 1.165) is 6.42 Å². The van der Waals surface area contributed by atoms with Gasteiger partial charge in [-0.05, 0) is 19.3 Å². The molecule has 1 aliphatic heterocycles. The lowest BCUT2D eigenvalue weighted by molar-refractivity contribution is 0.159. The van der Waals surface area contributed by atoms with Crippen LogP contribution in [0, 0.1) is 0 Å². The van der Waals surface area contributed by atoms with Crippen molar-refractivity contribution in [2.45, 2.75) is 32.3 Å². The molecule has 0 aromatic rings. The predicted octanol–water partition coefficient (Wildman–Crippen LogP) is -0.313. The number of nitrogens with one attached hydrogen (secondary N) is 1. The summed E-state index contributed by atoms with van der Waals surface area (Å²) in [5.41, 5.74) is 0. The zero-order valence-electron chi connectivity index (χ0n) is 8.44. The van der Waals surface area contributed by atoms with Gasteiger partial charge in [0.15, 0.2) is 0 Å². The third kappa shape index (κ3) is 3.20. The van der Waals surface area contributed by atoms with E-state index in [4.69, 9.17) is 0 Å². The van der Waals surface area contributed by atoms with Gasteiger partial charge >= 0.3 is 0 Å². The molecule has 1 atom stereocenters. The van der Waals surface area contributed by atoms with Crippen LogP contribution in [0.15, 0.2) is 0 Å². The van der Waals surface area contributed by atoms with E-state index in [2.05, 4.69) is 4.72 Å². The van der Waals surface area contributed by atoms with Crippen LogP contribution >= 0.6 is 0 Å². The van der Waals surface area contributed by atoms with Crippen molar-refractivity contribution in [1.29, 1.82) is 0 Å². The Labute approximate surface area is 85.3 Å². The molecule has 84 valence electrons. The highest BCUT2D eigenvalue weighted by atomic mass is 32.2. The summed E-state index contributed by atoms with van der Waals surface area (Å²) in [4.78, 5) is 0. The zero-order chi connectivity index (χ0) is 10.6. The van der Waals surface area contributed by atoms with E-state index in [0.29, 0.717) is 32.5 Å². The van der Waals surface area contributed by atoms with Crippen molar-refractivity contribution in [1.82, 2.24) is 9.03 Å². The lowest BCUT2D eigenvalue weighted by Crippen LogP contribution is -2.41. The smallest absolute Gasteiger partial charge is 0.279 e. The molecule has 14 heavy (non-hydrogen) atoms. The summed E-state index contributed by atoms with van der Waals surface area (Å²) in [5, 5.41) is 9.36. The molecule has 1 heterocycles. The van der Waals surface area contributed by atoms with Crippen LogP contribution in [0.2, 0.25) is 0 Å². The fourth-order valence-electron chi connectivity index (χ4n) is 1.57. The van der Waals surface area contributed by atoms with Gasteiger partial charge in [-0.25, -0.2) is 4.72 Å². The Hall–Kier alpha value is -0.170. The van der Waals surface area contributed by atoms with E-state index in [1.807, 2.05) is 0 Å². The minimum absolute atomic E-state index is 0.350. The lowest BCUT2D eigenvalue weighted by atomic mass is 10.2. The quantitative estimate of drug-likeness (QED) is 0.688. The second kappa shape index (κ2) is 5.06. The molecular formula is C8H18N2O3S. The minimum atomic E-state index is -3.31. The second-order valence-corrected chi connectivity index (χ2v) is 5.24. The molecular weight excluding hydrogens is 204 g/mol. The maximum Gasteiger partial charge on any atom is 0.279 e. The molecule has 0 aromatic heterocycles. The molecule has 6 heteroatoms. The van der Waals surface area contributed by atoms with E-state index < -0.39 is 10.2 Å². The molecule has 0 saturated carbocycles. The van der Waals surface area contributed by atoms with Crippen LogP contribution < -0.4 is 4.72 Å². The van der Waals surface area contributed by atoms with Crippen LogP contribution in [-0.4, -0.2) is 43.6 Å². The minimum Gasteiger partial charge on any atom is -0.393 e. The Kier molecular flexibility index (Phi) is 4.31. The molecule has 0 radical (unpaired) electrons. The maximum absolute atomic E-state index is 11.6. The Morgan fingerprint density at radius 1 is 1.43 bits per heavy atom. The lowest BCUT2D eigenvalue weighted by Gasteiger charge is -2.19. The van der Waals surface area contributed by atoms with Gasteiger partial charge in [-0.3, -0.25) is 0 Å². The first-order chi connectivity index (χ1) is 6.56. The van der Waals surface area contributed by atoms with Crippen molar-refractivity contribution in [2.75, 3.05) is 19.6 Å². The highest BCUT2D eigenvalue weighted by Gasteiger charge is 2.24. The molecule has 1 aliphatic rings. The molecule has 0 spiro atoms. The summed E-state index contributed by atoms with van der Waals surface area (Å²) >= 11 is 0. The largest absolute Gasteiger partial charge is 0.393 e. The average Bonchev–Trinajstić information content (AvgIpc) is 2.30. The van der Waals surface area contributed by atoms with Crippen LogP contribution in [0.3, 0.4) is 0 Å². The standard InChI is InChI=1S/C8H18N2O3S/c1-2-9-14(12,13)10-6-3-4-8(11)5-7-10/h8-9,11H,2-7H2,1H3. The third-order valence-corrected chi connectivity index (χ3v) is 4.02. The van der Waals surface area contributed by atoms with Crippen LogP contribution in [0.25, 0.3) is 0 Å².